The van der Waals surface area contributed by atoms with E-state index in [0.29, 0.717) is 29.3 Å². The fraction of sp³-hybridized carbons (Fsp3) is 0.235. The molecule has 0 aromatic heterocycles. The van der Waals surface area contributed by atoms with Crippen molar-refractivity contribution in [3.63, 3.8) is 0 Å². The predicted molar refractivity (Wildman–Crippen MR) is 92.4 cm³/mol. The maximum Gasteiger partial charge on any atom is 0.271 e. The third-order valence-corrected chi connectivity index (χ3v) is 3.41. The smallest absolute Gasteiger partial charge is 0.271 e. The zero-order valence-corrected chi connectivity index (χ0v) is 13.5. The van der Waals surface area contributed by atoms with E-state index in [2.05, 4.69) is 5.32 Å². The van der Waals surface area contributed by atoms with E-state index in [9.17, 15) is 14.9 Å². The molecule has 3 N–H and O–H groups in total. The minimum absolute atomic E-state index is 0.0845. The molecule has 2 rings (SSSR count). The van der Waals surface area contributed by atoms with Crippen molar-refractivity contribution in [3.05, 3.63) is 57.6 Å². The third-order valence-electron chi connectivity index (χ3n) is 3.41. The molecule has 2 aromatic carbocycles. The molecule has 0 heterocycles. The number of hydrogen-bond acceptors (Lipinski definition) is 5. The van der Waals surface area contributed by atoms with Crippen LogP contribution in [0.3, 0.4) is 0 Å². The van der Waals surface area contributed by atoms with E-state index in [1.54, 1.807) is 25.1 Å². The number of carbonyl (C=O) groups is 1. The van der Waals surface area contributed by atoms with Crippen LogP contribution in [0.4, 0.5) is 17.1 Å². The van der Waals surface area contributed by atoms with Crippen molar-refractivity contribution in [1.29, 1.82) is 0 Å². The molecule has 2 aromatic rings. The molecule has 7 heteroatoms. The highest BCUT2D eigenvalue weighted by atomic mass is 16.6. The Morgan fingerprint density at radius 2 is 2.04 bits per heavy atom. The van der Waals surface area contributed by atoms with E-state index >= 15 is 0 Å². The number of ether oxygens (including phenoxy) is 1. The monoisotopic (exact) mass is 329 g/mol. The quantitative estimate of drug-likeness (QED) is 0.479. The molecule has 0 unspecified atom stereocenters. The molecular formula is C17H19N3O4. The van der Waals surface area contributed by atoms with Gasteiger partial charge in [0, 0.05) is 17.7 Å². The maximum atomic E-state index is 12.3. The topological polar surface area (TPSA) is 107 Å². The average Bonchev–Trinajstić information content (AvgIpc) is 2.55. The van der Waals surface area contributed by atoms with Gasteiger partial charge in [-0.3, -0.25) is 14.9 Å². The van der Waals surface area contributed by atoms with E-state index in [0.717, 1.165) is 12.0 Å². The molecule has 7 nitrogen and oxygen atoms in total. The summed E-state index contributed by atoms with van der Waals surface area (Å²) in [6.45, 7) is 4.29. The Balaban J connectivity index is 2.19. The predicted octanol–water partition coefficient (Wildman–Crippen LogP) is 3.53. The van der Waals surface area contributed by atoms with Crippen molar-refractivity contribution in [2.75, 3.05) is 17.7 Å². The first-order valence-corrected chi connectivity index (χ1v) is 7.51. The van der Waals surface area contributed by atoms with Crippen molar-refractivity contribution < 1.29 is 14.5 Å². The van der Waals surface area contributed by atoms with Gasteiger partial charge in [-0.05, 0) is 37.1 Å². The Morgan fingerprint density at radius 1 is 1.29 bits per heavy atom. The number of nitro benzene ring substituents is 1. The van der Waals surface area contributed by atoms with E-state index in [1.807, 2.05) is 6.92 Å². The number of nitrogens with two attached hydrogens (primary N) is 1. The molecule has 1 amide bonds. The Morgan fingerprint density at radius 3 is 2.67 bits per heavy atom. The Bertz CT molecular complexity index is 774. The maximum absolute atomic E-state index is 12.3. The molecule has 0 atom stereocenters. The fourth-order valence-corrected chi connectivity index (χ4v) is 2.09. The molecule has 0 saturated carbocycles. The molecule has 0 fully saturated rings. The van der Waals surface area contributed by atoms with Gasteiger partial charge in [-0.15, -0.1) is 0 Å². The standard InChI is InChI=1S/C17H19N3O4/c1-3-8-24-16-7-5-12(9-14(16)18)17(21)19-15-10-13(20(22)23)6-4-11(15)2/h4-7,9-10H,3,8,18H2,1-2H3,(H,19,21). The molecule has 24 heavy (non-hydrogen) atoms. The number of amides is 1. The van der Waals surface area contributed by atoms with Gasteiger partial charge in [0.05, 0.1) is 22.9 Å². The molecule has 126 valence electrons. The number of benzene rings is 2. The van der Waals surface area contributed by atoms with E-state index in [-0.39, 0.29) is 5.69 Å². The van der Waals surface area contributed by atoms with Crippen LogP contribution in [0.2, 0.25) is 0 Å². The lowest BCUT2D eigenvalue weighted by atomic mass is 10.1. The highest BCUT2D eigenvalue weighted by molar-refractivity contribution is 6.05. The third kappa shape index (κ3) is 4.01. The van der Waals surface area contributed by atoms with Crippen molar-refractivity contribution in [1.82, 2.24) is 0 Å². The number of anilines is 2. The Kier molecular flexibility index (Phi) is 5.36. The Hall–Kier alpha value is -3.09. The number of non-ortho nitro benzene ring substituents is 1. The van der Waals surface area contributed by atoms with Crippen molar-refractivity contribution in [3.8, 4) is 5.75 Å². The molecule has 0 radical (unpaired) electrons. The van der Waals surface area contributed by atoms with Crippen molar-refractivity contribution in [2.45, 2.75) is 20.3 Å². The summed E-state index contributed by atoms with van der Waals surface area (Å²) in [5.41, 5.74) is 7.64. The van der Waals surface area contributed by atoms with Crippen molar-refractivity contribution in [2.24, 2.45) is 0 Å². The fourth-order valence-electron chi connectivity index (χ4n) is 2.09. The number of nitro groups is 1. The second kappa shape index (κ2) is 7.45. The Labute approximate surface area is 139 Å². The van der Waals surface area contributed by atoms with Gasteiger partial charge in [0.1, 0.15) is 5.75 Å². The number of hydrogen-bond donors (Lipinski definition) is 2. The molecule has 0 spiro atoms. The van der Waals surface area contributed by atoms with Crippen LogP contribution in [0.25, 0.3) is 0 Å². The lowest BCUT2D eigenvalue weighted by molar-refractivity contribution is -0.384. The first kappa shape index (κ1) is 17.3. The number of nitrogens with zero attached hydrogens (tertiary/aromatic N) is 1. The molecule has 0 aliphatic rings. The number of nitrogen functional groups attached to an aromatic ring is 1. The van der Waals surface area contributed by atoms with Gasteiger partial charge in [0.2, 0.25) is 0 Å². The average molecular weight is 329 g/mol. The van der Waals surface area contributed by atoms with Gasteiger partial charge >= 0.3 is 0 Å². The summed E-state index contributed by atoms with van der Waals surface area (Å²) in [4.78, 5) is 22.7. The van der Waals surface area contributed by atoms with Crippen LogP contribution in [-0.4, -0.2) is 17.4 Å². The van der Waals surface area contributed by atoms with Crippen LogP contribution >= 0.6 is 0 Å². The van der Waals surface area contributed by atoms with Gasteiger partial charge in [-0.2, -0.15) is 0 Å². The number of nitrogens with one attached hydrogen (secondary N) is 1. The lowest BCUT2D eigenvalue weighted by Crippen LogP contribution is -2.13. The highest BCUT2D eigenvalue weighted by Gasteiger charge is 2.13. The van der Waals surface area contributed by atoms with Gasteiger partial charge in [-0.25, -0.2) is 0 Å². The normalized spacial score (nSPS) is 10.2. The zero-order chi connectivity index (χ0) is 17.7. The van der Waals surface area contributed by atoms with E-state index in [4.69, 9.17) is 10.5 Å². The summed E-state index contributed by atoms with van der Waals surface area (Å²) < 4.78 is 5.47. The van der Waals surface area contributed by atoms with Crippen LogP contribution in [0.15, 0.2) is 36.4 Å². The summed E-state index contributed by atoms with van der Waals surface area (Å²) in [7, 11) is 0. The van der Waals surface area contributed by atoms with Gasteiger partial charge in [0.25, 0.3) is 11.6 Å². The summed E-state index contributed by atoms with van der Waals surface area (Å²) in [5, 5.41) is 13.5. The summed E-state index contributed by atoms with van der Waals surface area (Å²) in [5.74, 6) is 0.132. The van der Waals surface area contributed by atoms with Crippen LogP contribution < -0.4 is 15.8 Å². The summed E-state index contributed by atoms with van der Waals surface area (Å²) in [6.07, 6.45) is 0.855. The van der Waals surface area contributed by atoms with Gasteiger partial charge < -0.3 is 15.8 Å². The first-order valence-electron chi connectivity index (χ1n) is 7.51. The number of rotatable bonds is 6. The van der Waals surface area contributed by atoms with Crippen molar-refractivity contribution >= 4 is 23.0 Å². The van der Waals surface area contributed by atoms with E-state index in [1.165, 1.54) is 18.2 Å². The van der Waals surface area contributed by atoms with Gasteiger partial charge in [0.15, 0.2) is 0 Å². The molecule has 0 aliphatic carbocycles. The largest absolute Gasteiger partial charge is 0.491 e. The molecular weight excluding hydrogens is 310 g/mol. The van der Waals surface area contributed by atoms with Crippen LogP contribution in [0.5, 0.6) is 5.75 Å². The zero-order valence-electron chi connectivity index (χ0n) is 13.5. The number of carbonyl (C=O) groups excluding carboxylic acids is 1. The summed E-state index contributed by atoms with van der Waals surface area (Å²) >= 11 is 0. The van der Waals surface area contributed by atoms with Crippen LogP contribution in [0.1, 0.15) is 29.3 Å². The summed E-state index contributed by atoms with van der Waals surface area (Å²) in [6, 6.07) is 9.07. The lowest BCUT2D eigenvalue weighted by Gasteiger charge is -2.11. The second-order valence-corrected chi connectivity index (χ2v) is 5.31. The number of aryl methyl sites for hydroxylation is 1. The first-order chi connectivity index (χ1) is 11.4. The SMILES string of the molecule is CCCOc1ccc(C(=O)Nc2cc([N+](=O)[O-])ccc2C)cc1N. The minimum Gasteiger partial charge on any atom is -0.491 e. The second-order valence-electron chi connectivity index (χ2n) is 5.31. The molecule has 0 aliphatic heterocycles. The minimum atomic E-state index is -0.507. The van der Waals surface area contributed by atoms with Crippen LogP contribution in [-0.2, 0) is 0 Å². The highest BCUT2D eigenvalue weighted by Crippen LogP contribution is 2.25. The van der Waals surface area contributed by atoms with E-state index < -0.39 is 10.8 Å². The van der Waals surface area contributed by atoms with Gasteiger partial charge in [-0.1, -0.05) is 13.0 Å². The molecule has 0 saturated heterocycles. The van der Waals surface area contributed by atoms with Crippen LogP contribution in [0, 0.1) is 17.0 Å². The molecule has 0 bridgehead atoms.